The zero-order valence-electron chi connectivity index (χ0n) is 15.2. The average molecular weight is 338 g/mol. The molecule has 24 heavy (non-hydrogen) atoms. The van der Waals surface area contributed by atoms with Gasteiger partial charge >= 0.3 is 0 Å². The van der Waals surface area contributed by atoms with Gasteiger partial charge in [0.2, 0.25) is 11.8 Å². The van der Waals surface area contributed by atoms with Crippen LogP contribution >= 0.6 is 0 Å². The highest BCUT2D eigenvalue weighted by atomic mass is 16.5. The summed E-state index contributed by atoms with van der Waals surface area (Å²) in [6, 6.07) is 0.403. The molecule has 0 aliphatic carbocycles. The van der Waals surface area contributed by atoms with Crippen LogP contribution in [0.1, 0.15) is 64.3 Å². The van der Waals surface area contributed by atoms with Gasteiger partial charge in [0.15, 0.2) is 5.82 Å². The zero-order valence-corrected chi connectivity index (χ0v) is 15.2. The Morgan fingerprint density at radius 2 is 2.29 bits per heavy atom. The standard InChI is InChI=1S/C17H30N4O3/c1-5-6-9-18-17(22)14-8-7-12(2)21(10-14)11-15-19-16(20-24-15)13(3)23-4/h12-14H,5-11H2,1-4H3,(H,18,22)/t12-,13+,14-/m1/s1. The minimum atomic E-state index is -0.182. The summed E-state index contributed by atoms with van der Waals surface area (Å²) in [4.78, 5) is 19.0. The third-order valence-corrected chi connectivity index (χ3v) is 4.75. The first-order chi connectivity index (χ1) is 11.5. The van der Waals surface area contributed by atoms with Gasteiger partial charge in [-0.15, -0.1) is 0 Å². The van der Waals surface area contributed by atoms with E-state index in [2.05, 4.69) is 34.2 Å². The number of nitrogens with zero attached hydrogens (tertiary/aromatic N) is 3. The SMILES string of the molecule is CCCCNC(=O)[C@@H]1CC[C@@H](C)N(Cc2nc([C@H](C)OC)no2)C1. The molecule has 2 heterocycles. The molecular weight excluding hydrogens is 308 g/mol. The molecule has 7 nitrogen and oxygen atoms in total. The second-order valence-corrected chi connectivity index (χ2v) is 6.62. The molecule has 3 atom stereocenters. The molecule has 1 saturated heterocycles. The maximum absolute atomic E-state index is 12.3. The monoisotopic (exact) mass is 338 g/mol. The van der Waals surface area contributed by atoms with Crippen LogP contribution in [0.3, 0.4) is 0 Å². The quantitative estimate of drug-likeness (QED) is 0.733. The van der Waals surface area contributed by atoms with Crippen LogP contribution in [0.5, 0.6) is 0 Å². The predicted molar refractivity (Wildman–Crippen MR) is 90.2 cm³/mol. The molecule has 1 fully saturated rings. The Morgan fingerprint density at radius 3 is 3.00 bits per heavy atom. The average Bonchev–Trinajstić information content (AvgIpc) is 3.04. The summed E-state index contributed by atoms with van der Waals surface area (Å²) in [6.07, 6.45) is 3.87. The maximum atomic E-state index is 12.3. The van der Waals surface area contributed by atoms with E-state index in [0.717, 1.165) is 38.8 Å². The number of nitrogens with one attached hydrogen (secondary N) is 1. The molecule has 0 saturated carbocycles. The molecule has 0 spiro atoms. The van der Waals surface area contributed by atoms with Gasteiger partial charge in [-0.25, -0.2) is 0 Å². The Labute approximate surface area is 144 Å². The minimum absolute atomic E-state index is 0.0401. The van der Waals surface area contributed by atoms with Crippen LogP contribution in [0.15, 0.2) is 4.52 Å². The van der Waals surface area contributed by atoms with Crippen molar-refractivity contribution < 1.29 is 14.1 Å². The Hall–Kier alpha value is -1.47. The number of ether oxygens (including phenoxy) is 1. The van der Waals surface area contributed by atoms with Crippen molar-refractivity contribution in [2.45, 2.75) is 65.1 Å². The van der Waals surface area contributed by atoms with Crippen molar-refractivity contribution in [2.75, 3.05) is 20.2 Å². The van der Waals surface area contributed by atoms with Crippen molar-refractivity contribution in [3.8, 4) is 0 Å². The van der Waals surface area contributed by atoms with E-state index in [9.17, 15) is 4.79 Å². The van der Waals surface area contributed by atoms with Crippen molar-refractivity contribution in [3.63, 3.8) is 0 Å². The molecule has 136 valence electrons. The highest BCUT2D eigenvalue weighted by Crippen LogP contribution is 2.24. The highest BCUT2D eigenvalue weighted by Gasteiger charge is 2.30. The van der Waals surface area contributed by atoms with Crippen LogP contribution in [0, 0.1) is 5.92 Å². The number of carbonyl (C=O) groups is 1. The van der Waals surface area contributed by atoms with E-state index in [0.29, 0.717) is 24.3 Å². The molecule has 7 heteroatoms. The van der Waals surface area contributed by atoms with Gasteiger partial charge in [0.25, 0.3) is 0 Å². The molecule has 1 amide bonds. The van der Waals surface area contributed by atoms with Crippen molar-refractivity contribution in [1.82, 2.24) is 20.4 Å². The van der Waals surface area contributed by atoms with Gasteiger partial charge in [0.05, 0.1) is 12.5 Å². The molecule has 0 unspecified atom stereocenters. The van der Waals surface area contributed by atoms with Crippen LogP contribution in [-0.2, 0) is 16.1 Å². The van der Waals surface area contributed by atoms with Gasteiger partial charge in [0, 0.05) is 26.2 Å². The van der Waals surface area contributed by atoms with Gasteiger partial charge in [-0.2, -0.15) is 4.98 Å². The van der Waals surface area contributed by atoms with Gasteiger partial charge < -0.3 is 14.6 Å². The van der Waals surface area contributed by atoms with Crippen molar-refractivity contribution in [3.05, 3.63) is 11.7 Å². The number of unbranched alkanes of at least 4 members (excludes halogenated alkanes) is 1. The minimum Gasteiger partial charge on any atom is -0.374 e. The summed E-state index contributed by atoms with van der Waals surface area (Å²) >= 11 is 0. The third kappa shape index (κ3) is 5.01. The lowest BCUT2D eigenvalue weighted by Gasteiger charge is -2.36. The molecule has 1 N–H and O–H groups in total. The Kier molecular flexibility index (Phi) is 7.17. The van der Waals surface area contributed by atoms with Crippen LogP contribution in [-0.4, -0.2) is 47.2 Å². The summed E-state index contributed by atoms with van der Waals surface area (Å²) in [5.41, 5.74) is 0. The highest BCUT2D eigenvalue weighted by molar-refractivity contribution is 5.78. The van der Waals surface area contributed by atoms with Crippen molar-refractivity contribution >= 4 is 5.91 Å². The molecule has 0 aromatic carbocycles. The van der Waals surface area contributed by atoms with Crippen molar-refractivity contribution in [1.29, 1.82) is 0 Å². The predicted octanol–water partition coefficient (Wildman–Crippen LogP) is 2.29. The number of likely N-dealkylation sites (tertiary alicyclic amines) is 1. The number of carbonyl (C=O) groups excluding carboxylic acids is 1. The lowest BCUT2D eigenvalue weighted by atomic mass is 9.92. The Balaban J connectivity index is 1.91. The molecule has 0 radical (unpaired) electrons. The van der Waals surface area contributed by atoms with E-state index < -0.39 is 0 Å². The fourth-order valence-corrected chi connectivity index (χ4v) is 2.92. The maximum Gasteiger partial charge on any atom is 0.240 e. The first-order valence-electron chi connectivity index (χ1n) is 8.92. The van der Waals surface area contributed by atoms with Crippen molar-refractivity contribution in [2.24, 2.45) is 5.92 Å². The first kappa shape index (κ1) is 18.9. The second-order valence-electron chi connectivity index (χ2n) is 6.62. The summed E-state index contributed by atoms with van der Waals surface area (Å²) in [7, 11) is 1.62. The fraction of sp³-hybridized carbons (Fsp3) is 0.824. The number of amides is 1. The number of aromatic nitrogens is 2. The molecular formula is C17H30N4O3. The Bertz CT molecular complexity index is 520. The van der Waals surface area contributed by atoms with Crippen LogP contribution in [0.25, 0.3) is 0 Å². The number of hydrogen-bond acceptors (Lipinski definition) is 6. The topological polar surface area (TPSA) is 80.5 Å². The number of piperidine rings is 1. The van der Waals surface area contributed by atoms with E-state index in [1.54, 1.807) is 7.11 Å². The van der Waals surface area contributed by atoms with Crippen LogP contribution in [0.2, 0.25) is 0 Å². The van der Waals surface area contributed by atoms with Gasteiger partial charge in [-0.1, -0.05) is 18.5 Å². The van der Waals surface area contributed by atoms with E-state index in [-0.39, 0.29) is 17.9 Å². The Morgan fingerprint density at radius 1 is 1.50 bits per heavy atom. The molecule has 1 aromatic rings. The fourth-order valence-electron chi connectivity index (χ4n) is 2.92. The zero-order chi connectivity index (χ0) is 17.5. The molecule has 2 rings (SSSR count). The van der Waals surface area contributed by atoms with Crippen LogP contribution < -0.4 is 5.32 Å². The van der Waals surface area contributed by atoms with Gasteiger partial charge in [-0.3, -0.25) is 9.69 Å². The van der Waals surface area contributed by atoms with E-state index in [1.165, 1.54) is 0 Å². The summed E-state index contributed by atoms with van der Waals surface area (Å²) in [5.74, 6) is 1.34. The summed E-state index contributed by atoms with van der Waals surface area (Å²) in [5, 5.41) is 7.01. The lowest BCUT2D eigenvalue weighted by molar-refractivity contribution is -0.127. The smallest absolute Gasteiger partial charge is 0.240 e. The van der Waals surface area contributed by atoms with E-state index in [4.69, 9.17) is 9.26 Å². The normalized spacial score (nSPS) is 23.2. The van der Waals surface area contributed by atoms with Gasteiger partial charge in [-0.05, 0) is 33.1 Å². The number of rotatable bonds is 8. The summed E-state index contributed by atoms with van der Waals surface area (Å²) in [6.45, 7) is 8.26. The number of hydrogen-bond donors (Lipinski definition) is 1. The second kappa shape index (κ2) is 9.13. The van der Waals surface area contributed by atoms with Crippen LogP contribution in [0.4, 0.5) is 0 Å². The first-order valence-corrected chi connectivity index (χ1v) is 8.92. The summed E-state index contributed by atoms with van der Waals surface area (Å²) < 4.78 is 10.5. The molecule has 1 aliphatic heterocycles. The number of methoxy groups -OCH3 is 1. The molecule has 1 aromatic heterocycles. The molecule has 1 aliphatic rings. The van der Waals surface area contributed by atoms with E-state index in [1.807, 2.05) is 6.92 Å². The van der Waals surface area contributed by atoms with Gasteiger partial charge in [0.1, 0.15) is 6.10 Å². The third-order valence-electron chi connectivity index (χ3n) is 4.75. The largest absolute Gasteiger partial charge is 0.374 e. The molecule has 0 bridgehead atoms. The lowest BCUT2D eigenvalue weighted by Crippen LogP contribution is -2.46. The van der Waals surface area contributed by atoms with E-state index >= 15 is 0 Å².